The molecule has 2 aromatic carbocycles. The predicted octanol–water partition coefficient (Wildman–Crippen LogP) is 3.84. The molecule has 0 aliphatic heterocycles. The molecule has 128 valence electrons. The van der Waals surface area contributed by atoms with Gasteiger partial charge >= 0.3 is 0 Å². The maximum absolute atomic E-state index is 12.2. The minimum atomic E-state index is -0.0149. The Hall–Kier alpha value is -2.53. The van der Waals surface area contributed by atoms with Crippen molar-refractivity contribution in [2.24, 2.45) is 0 Å². The van der Waals surface area contributed by atoms with Crippen LogP contribution in [0.3, 0.4) is 0 Å². The minimum Gasteiger partial charge on any atom is -0.352 e. The highest BCUT2D eigenvalue weighted by Crippen LogP contribution is 2.17. The second-order valence-corrected chi connectivity index (χ2v) is 6.87. The second kappa shape index (κ2) is 9.08. The highest BCUT2D eigenvalue weighted by Gasteiger charge is 2.05. The topological polar surface area (TPSA) is 46.9 Å². The predicted molar refractivity (Wildman–Crippen MR) is 102 cm³/mol. The molecule has 1 N–H and O–H groups in total. The van der Waals surface area contributed by atoms with Crippen molar-refractivity contribution in [1.29, 1.82) is 0 Å². The van der Waals surface area contributed by atoms with Crippen molar-refractivity contribution in [3.8, 4) is 0 Å². The SMILES string of the molecule is O=C(NCCCSc1ccccc1)c1ccc(Cn2ccnc2)cc1. The van der Waals surface area contributed by atoms with Crippen molar-refractivity contribution < 1.29 is 4.79 Å². The third kappa shape index (κ3) is 5.50. The minimum absolute atomic E-state index is 0.0149. The standard InChI is InChI=1S/C20H21N3OS/c24-20(22-11-4-14-25-19-5-2-1-3-6-19)18-9-7-17(8-10-18)15-23-13-12-21-16-23/h1-3,5-10,12-13,16H,4,11,14-15H2,(H,22,24). The summed E-state index contributed by atoms with van der Waals surface area (Å²) >= 11 is 1.81. The summed E-state index contributed by atoms with van der Waals surface area (Å²) in [5, 5.41) is 2.98. The summed E-state index contributed by atoms with van der Waals surface area (Å²) in [4.78, 5) is 17.5. The lowest BCUT2D eigenvalue weighted by atomic mass is 10.1. The number of aromatic nitrogens is 2. The highest BCUT2D eigenvalue weighted by atomic mass is 32.2. The van der Waals surface area contributed by atoms with Gasteiger partial charge < -0.3 is 9.88 Å². The molecular weight excluding hydrogens is 330 g/mol. The van der Waals surface area contributed by atoms with E-state index in [1.54, 1.807) is 12.5 Å². The molecule has 0 unspecified atom stereocenters. The third-order valence-electron chi connectivity index (χ3n) is 3.76. The number of imidazole rings is 1. The number of amides is 1. The lowest BCUT2D eigenvalue weighted by molar-refractivity contribution is 0.0954. The Balaban J connectivity index is 1.39. The van der Waals surface area contributed by atoms with Gasteiger partial charge in [0.1, 0.15) is 0 Å². The van der Waals surface area contributed by atoms with Gasteiger partial charge in [-0.05, 0) is 42.0 Å². The fourth-order valence-corrected chi connectivity index (χ4v) is 3.31. The van der Waals surface area contributed by atoms with E-state index in [1.807, 2.05) is 65.0 Å². The van der Waals surface area contributed by atoms with Gasteiger partial charge in [-0.25, -0.2) is 4.98 Å². The molecule has 25 heavy (non-hydrogen) atoms. The third-order valence-corrected chi connectivity index (χ3v) is 4.86. The van der Waals surface area contributed by atoms with Crippen LogP contribution in [0.25, 0.3) is 0 Å². The zero-order valence-corrected chi connectivity index (χ0v) is 14.8. The molecule has 0 radical (unpaired) electrons. The molecule has 3 aromatic rings. The van der Waals surface area contributed by atoms with Crippen LogP contribution in [0, 0.1) is 0 Å². The molecule has 0 aliphatic carbocycles. The molecule has 0 bridgehead atoms. The van der Waals surface area contributed by atoms with E-state index in [4.69, 9.17) is 0 Å². The van der Waals surface area contributed by atoms with Crippen molar-refractivity contribution in [2.75, 3.05) is 12.3 Å². The van der Waals surface area contributed by atoms with E-state index >= 15 is 0 Å². The number of benzene rings is 2. The Morgan fingerprint density at radius 1 is 1.08 bits per heavy atom. The fourth-order valence-electron chi connectivity index (χ4n) is 2.44. The first kappa shape index (κ1) is 17.3. The van der Waals surface area contributed by atoms with Crippen LogP contribution in [-0.2, 0) is 6.54 Å². The zero-order chi connectivity index (χ0) is 17.3. The molecule has 4 nitrogen and oxygen atoms in total. The van der Waals surface area contributed by atoms with E-state index in [-0.39, 0.29) is 5.91 Å². The lowest BCUT2D eigenvalue weighted by Gasteiger charge is -2.07. The van der Waals surface area contributed by atoms with Gasteiger partial charge in [0, 0.05) is 35.9 Å². The fraction of sp³-hybridized carbons (Fsp3) is 0.200. The maximum atomic E-state index is 12.2. The summed E-state index contributed by atoms with van der Waals surface area (Å²) in [5.41, 5.74) is 1.85. The summed E-state index contributed by atoms with van der Waals surface area (Å²) in [6, 6.07) is 18.0. The van der Waals surface area contributed by atoms with Crippen molar-refractivity contribution >= 4 is 17.7 Å². The van der Waals surface area contributed by atoms with Crippen molar-refractivity contribution in [3.63, 3.8) is 0 Å². The number of rotatable bonds is 8. The van der Waals surface area contributed by atoms with E-state index in [0.29, 0.717) is 12.1 Å². The van der Waals surface area contributed by atoms with Crippen molar-refractivity contribution in [3.05, 3.63) is 84.4 Å². The molecule has 0 spiro atoms. The highest BCUT2D eigenvalue weighted by molar-refractivity contribution is 7.99. The molecule has 0 fully saturated rings. The van der Waals surface area contributed by atoms with Gasteiger partial charge in [0.2, 0.25) is 0 Å². The monoisotopic (exact) mass is 351 g/mol. The van der Waals surface area contributed by atoms with Crippen LogP contribution in [0.5, 0.6) is 0 Å². The van der Waals surface area contributed by atoms with E-state index in [1.165, 1.54) is 4.90 Å². The van der Waals surface area contributed by atoms with Gasteiger partial charge in [0.05, 0.1) is 6.33 Å². The molecule has 5 heteroatoms. The first-order chi connectivity index (χ1) is 12.3. The van der Waals surface area contributed by atoms with E-state index in [9.17, 15) is 4.79 Å². The average Bonchev–Trinajstić information content (AvgIpc) is 3.16. The molecule has 0 saturated carbocycles. The summed E-state index contributed by atoms with van der Waals surface area (Å²) in [6.45, 7) is 1.45. The normalized spacial score (nSPS) is 10.6. The van der Waals surface area contributed by atoms with E-state index in [2.05, 4.69) is 22.4 Å². The van der Waals surface area contributed by atoms with Crippen molar-refractivity contribution in [2.45, 2.75) is 17.9 Å². The Kier molecular flexibility index (Phi) is 6.29. The van der Waals surface area contributed by atoms with Gasteiger partial charge in [0.15, 0.2) is 0 Å². The Morgan fingerprint density at radius 2 is 1.88 bits per heavy atom. The van der Waals surface area contributed by atoms with Crippen LogP contribution in [0.15, 0.2) is 78.2 Å². The van der Waals surface area contributed by atoms with Gasteiger partial charge in [-0.3, -0.25) is 4.79 Å². The number of thioether (sulfide) groups is 1. The Morgan fingerprint density at radius 3 is 2.60 bits per heavy atom. The van der Waals surface area contributed by atoms with Crippen LogP contribution in [0.1, 0.15) is 22.3 Å². The molecule has 3 rings (SSSR count). The molecule has 0 saturated heterocycles. The Labute approximate surface area is 152 Å². The average molecular weight is 351 g/mol. The van der Waals surface area contributed by atoms with Crippen LogP contribution < -0.4 is 5.32 Å². The summed E-state index contributed by atoms with van der Waals surface area (Å²) < 4.78 is 2.00. The summed E-state index contributed by atoms with van der Waals surface area (Å²) in [6.07, 6.45) is 6.42. The molecule has 1 aromatic heterocycles. The number of carbonyl (C=O) groups is 1. The van der Waals surface area contributed by atoms with Crippen LogP contribution in [0.2, 0.25) is 0 Å². The summed E-state index contributed by atoms with van der Waals surface area (Å²) in [7, 11) is 0. The number of carbonyl (C=O) groups excluding carboxylic acids is 1. The largest absolute Gasteiger partial charge is 0.352 e. The van der Waals surface area contributed by atoms with E-state index in [0.717, 1.165) is 24.3 Å². The molecular formula is C20H21N3OS. The van der Waals surface area contributed by atoms with E-state index < -0.39 is 0 Å². The quantitative estimate of drug-likeness (QED) is 0.495. The first-order valence-corrected chi connectivity index (χ1v) is 9.30. The van der Waals surface area contributed by atoms with Crippen LogP contribution >= 0.6 is 11.8 Å². The van der Waals surface area contributed by atoms with Gasteiger partial charge in [-0.1, -0.05) is 30.3 Å². The number of nitrogens with one attached hydrogen (secondary N) is 1. The molecule has 1 amide bonds. The van der Waals surface area contributed by atoms with Crippen LogP contribution in [-0.4, -0.2) is 27.8 Å². The van der Waals surface area contributed by atoms with Gasteiger partial charge in [-0.2, -0.15) is 0 Å². The van der Waals surface area contributed by atoms with Crippen molar-refractivity contribution in [1.82, 2.24) is 14.9 Å². The van der Waals surface area contributed by atoms with Crippen LogP contribution in [0.4, 0.5) is 0 Å². The second-order valence-electron chi connectivity index (χ2n) is 5.70. The number of hydrogen-bond acceptors (Lipinski definition) is 3. The van der Waals surface area contributed by atoms with Gasteiger partial charge in [0.25, 0.3) is 5.91 Å². The molecule has 0 aliphatic rings. The summed E-state index contributed by atoms with van der Waals surface area (Å²) in [5.74, 6) is 0.979. The number of hydrogen-bond donors (Lipinski definition) is 1. The number of nitrogens with zero attached hydrogens (tertiary/aromatic N) is 2. The lowest BCUT2D eigenvalue weighted by Crippen LogP contribution is -2.24. The molecule has 0 atom stereocenters. The zero-order valence-electron chi connectivity index (χ0n) is 14.0. The van der Waals surface area contributed by atoms with Gasteiger partial charge in [-0.15, -0.1) is 11.8 Å². The molecule has 1 heterocycles. The maximum Gasteiger partial charge on any atom is 0.251 e. The smallest absolute Gasteiger partial charge is 0.251 e. The Bertz CT molecular complexity index is 770. The first-order valence-electron chi connectivity index (χ1n) is 8.32.